The fraction of sp³-hybridized carbons (Fsp3) is 0.0625. The summed E-state index contributed by atoms with van der Waals surface area (Å²) in [5.41, 5.74) is 4.87. The molecule has 1 aromatic heterocycles. The van der Waals surface area contributed by atoms with Crippen LogP contribution in [0.15, 0.2) is 67.7 Å². The van der Waals surface area contributed by atoms with Crippen LogP contribution in [0.2, 0.25) is 0 Å². The van der Waals surface area contributed by atoms with Gasteiger partial charge in [0.25, 0.3) is 11.1 Å². The van der Waals surface area contributed by atoms with E-state index >= 15 is 0 Å². The molecule has 0 radical (unpaired) electrons. The summed E-state index contributed by atoms with van der Waals surface area (Å²) in [6.07, 6.45) is 1.59. The first-order valence-corrected chi connectivity index (χ1v) is 8.54. The Balaban J connectivity index is 1.50. The van der Waals surface area contributed by atoms with Gasteiger partial charge >= 0.3 is 0 Å². The van der Waals surface area contributed by atoms with Crippen LogP contribution >= 0.6 is 27.7 Å². The number of benzene rings is 2. The number of hydrogen-bond acceptors (Lipinski definition) is 5. The second kappa shape index (κ2) is 7.43. The molecule has 7 heteroatoms. The van der Waals surface area contributed by atoms with Crippen LogP contribution in [0.3, 0.4) is 0 Å². The molecule has 0 saturated carbocycles. The molecule has 0 bridgehead atoms. The van der Waals surface area contributed by atoms with E-state index in [-0.39, 0.29) is 11.7 Å². The van der Waals surface area contributed by atoms with E-state index < -0.39 is 0 Å². The van der Waals surface area contributed by atoms with Gasteiger partial charge in [-0.05, 0) is 29.8 Å². The number of carbonyl (C=O) groups excluding carboxylic acids is 1. The molecule has 0 fully saturated rings. The molecule has 0 atom stereocenters. The first-order chi connectivity index (χ1) is 11.2. The van der Waals surface area contributed by atoms with Gasteiger partial charge in [0.1, 0.15) is 5.52 Å². The van der Waals surface area contributed by atoms with Gasteiger partial charge in [0.15, 0.2) is 5.58 Å². The van der Waals surface area contributed by atoms with E-state index in [1.54, 1.807) is 6.21 Å². The first kappa shape index (κ1) is 15.8. The SMILES string of the molecule is O=C(CSc1nc2ccccc2o1)NN=Cc1ccc(Br)cc1. The summed E-state index contributed by atoms with van der Waals surface area (Å²) in [6, 6.07) is 15.1. The molecule has 0 aliphatic heterocycles. The van der Waals surface area contributed by atoms with Gasteiger partial charge in [0, 0.05) is 4.47 Å². The lowest BCUT2D eigenvalue weighted by Crippen LogP contribution is -2.19. The summed E-state index contributed by atoms with van der Waals surface area (Å²) in [6.45, 7) is 0. The van der Waals surface area contributed by atoms with Gasteiger partial charge in [-0.1, -0.05) is 52.0 Å². The van der Waals surface area contributed by atoms with Crippen molar-refractivity contribution in [1.29, 1.82) is 0 Å². The Morgan fingerprint density at radius 1 is 1.26 bits per heavy atom. The normalized spacial score (nSPS) is 11.2. The molecule has 1 N–H and O–H groups in total. The van der Waals surface area contributed by atoms with E-state index in [1.165, 1.54) is 11.8 Å². The zero-order valence-corrected chi connectivity index (χ0v) is 14.3. The Kier molecular flexibility index (Phi) is 5.09. The van der Waals surface area contributed by atoms with Gasteiger partial charge in [-0.25, -0.2) is 10.4 Å². The average molecular weight is 390 g/mol. The Hall–Kier alpha value is -2.12. The van der Waals surface area contributed by atoms with Crippen molar-refractivity contribution in [1.82, 2.24) is 10.4 Å². The van der Waals surface area contributed by atoms with Gasteiger partial charge in [0.05, 0.1) is 12.0 Å². The molecule has 2 aromatic carbocycles. The Bertz CT molecular complexity index is 813. The van der Waals surface area contributed by atoms with Crippen molar-refractivity contribution >= 4 is 50.9 Å². The highest BCUT2D eigenvalue weighted by molar-refractivity contribution is 9.10. The van der Waals surface area contributed by atoms with Gasteiger partial charge in [-0.3, -0.25) is 4.79 Å². The monoisotopic (exact) mass is 389 g/mol. The highest BCUT2D eigenvalue weighted by Gasteiger charge is 2.08. The van der Waals surface area contributed by atoms with E-state index in [9.17, 15) is 4.79 Å². The van der Waals surface area contributed by atoms with Crippen LogP contribution in [0, 0.1) is 0 Å². The summed E-state index contributed by atoms with van der Waals surface area (Å²) in [7, 11) is 0. The number of thioether (sulfide) groups is 1. The number of amides is 1. The molecule has 3 rings (SSSR count). The smallest absolute Gasteiger partial charge is 0.257 e. The predicted octanol–water partition coefficient (Wildman–Crippen LogP) is 3.83. The highest BCUT2D eigenvalue weighted by atomic mass is 79.9. The van der Waals surface area contributed by atoms with Crippen LogP contribution < -0.4 is 5.43 Å². The molecule has 0 spiro atoms. The van der Waals surface area contributed by atoms with Crippen molar-refractivity contribution in [3.63, 3.8) is 0 Å². The summed E-state index contributed by atoms with van der Waals surface area (Å²) < 4.78 is 6.53. The van der Waals surface area contributed by atoms with Crippen LogP contribution in [0.1, 0.15) is 5.56 Å². The number of halogens is 1. The molecule has 0 saturated heterocycles. The molecule has 5 nitrogen and oxygen atoms in total. The number of carbonyl (C=O) groups is 1. The molecule has 0 aliphatic carbocycles. The maximum Gasteiger partial charge on any atom is 0.257 e. The Morgan fingerprint density at radius 3 is 2.83 bits per heavy atom. The molecule has 1 amide bonds. The summed E-state index contributed by atoms with van der Waals surface area (Å²) in [4.78, 5) is 16.0. The zero-order valence-electron chi connectivity index (χ0n) is 11.9. The number of hydrazone groups is 1. The number of rotatable bonds is 5. The van der Waals surface area contributed by atoms with E-state index in [1.807, 2.05) is 48.5 Å². The largest absolute Gasteiger partial charge is 0.431 e. The van der Waals surface area contributed by atoms with Crippen LogP contribution in [-0.2, 0) is 4.79 Å². The number of nitrogens with one attached hydrogen (secondary N) is 1. The topological polar surface area (TPSA) is 67.5 Å². The van der Waals surface area contributed by atoms with E-state index in [4.69, 9.17) is 4.42 Å². The van der Waals surface area contributed by atoms with Gasteiger partial charge in [-0.15, -0.1) is 0 Å². The van der Waals surface area contributed by atoms with E-state index in [0.29, 0.717) is 10.8 Å². The minimum Gasteiger partial charge on any atom is -0.431 e. The molecule has 116 valence electrons. The third-order valence-corrected chi connectivity index (χ3v) is 4.23. The fourth-order valence-electron chi connectivity index (χ4n) is 1.80. The van der Waals surface area contributed by atoms with Crippen LogP contribution in [0.25, 0.3) is 11.1 Å². The zero-order chi connectivity index (χ0) is 16.1. The number of fused-ring (bicyclic) bond motifs is 1. The molecule has 1 heterocycles. The fourth-order valence-corrected chi connectivity index (χ4v) is 2.70. The molecule has 0 unspecified atom stereocenters. The summed E-state index contributed by atoms with van der Waals surface area (Å²) in [5.74, 6) is -0.0320. The number of aromatic nitrogens is 1. The summed E-state index contributed by atoms with van der Waals surface area (Å²) in [5, 5.41) is 4.39. The standard InChI is InChI=1S/C16H12BrN3O2S/c17-12-7-5-11(6-8-12)9-18-20-15(21)10-23-16-19-13-3-1-2-4-14(13)22-16/h1-9H,10H2,(H,20,21). The third-order valence-electron chi connectivity index (χ3n) is 2.87. The van der Waals surface area contributed by atoms with Gasteiger partial charge in [0.2, 0.25) is 0 Å². The van der Waals surface area contributed by atoms with Crippen molar-refractivity contribution in [3.05, 3.63) is 58.6 Å². The quantitative estimate of drug-likeness (QED) is 0.409. The minimum absolute atomic E-state index is 0.185. The average Bonchev–Trinajstić information content (AvgIpc) is 2.98. The molecule has 3 aromatic rings. The summed E-state index contributed by atoms with van der Waals surface area (Å²) >= 11 is 4.59. The van der Waals surface area contributed by atoms with Crippen LogP contribution in [0.4, 0.5) is 0 Å². The molecular formula is C16H12BrN3O2S. The van der Waals surface area contributed by atoms with E-state index in [0.717, 1.165) is 15.6 Å². The molecular weight excluding hydrogens is 378 g/mol. The number of oxazole rings is 1. The lowest BCUT2D eigenvalue weighted by atomic mass is 10.2. The number of nitrogens with zero attached hydrogens (tertiary/aromatic N) is 2. The minimum atomic E-state index is -0.217. The molecule has 0 aliphatic rings. The Labute approximate surface area is 145 Å². The van der Waals surface area contributed by atoms with Crippen LogP contribution in [0.5, 0.6) is 0 Å². The second-order valence-electron chi connectivity index (χ2n) is 4.58. The lowest BCUT2D eigenvalue weighted by molar-refractivity contribution is -0.118. The lowest BCUT2D eigenvalue weighted by Gasteiger charge is -1.97. The van der Waals surface area contributed by atoms with Crippen molar-refractivity contribution in [3.8, 4) is 0 Å². The number of hydrogen-bond donors (Lipinski definition) is 1. The molecule has 23 heavy (non-hydrogen) atoms. The van der Waals surface area contributed by atoms with Crippen LogP contribution in [-0.4, -0.2) is 22.9 Å². The maximum atomic E-state index is 11.8. The van der Waals surface area contributed by atoms with Crippen molar-refractivity contribution in [2.45, 2.75) is 5.22 Å². The highest BCUT2D eigenvalue weighted by Crippen LogP contribution is 2.22. The number of para-hydroxylation sites is 2. The first-order valence-electron chi connectivity index (χ1n) is 6.76. The van der Waals surface area contributed by atoms with Crippen molar-refractivity contribution < 1.29 is 9.21 Å². The van der Waals surface area contributed by atoms with Gasteiger partial charge in [-0.2, -0.15) is 5.10 Å². The van der Waals surface area contributed by atoms with Crippen molar-refractivity contribution in [2.24, 2.45) is 5.10 Å². The third kappa shape index (κ3) is 4.43. The Morgan fingerprint density at radius 2 is 2.04 bits per heavy atom. The predicted molar refractivity (Wildman–Crippen MR) is 94.6 cm³/mol. The second-order valence-corrected chi connectivity index (χ2v) is 6.42. The maximum absolute atomic E-state index is 11.8. The van der Waals surface area contributed by atoms with E-state index in [2.05, 4.69) is 31.4 Å². The van der Waals surface area contributed by atoms with Crippen molar-refractivity contribution in [2.75, 3.05) is 5.75 Å². The van der Waals surface area contributed by atoms with Gasteiger partial charge < -0.3 is 4.42 Å².